The standard InChI is InChI=1S/C28H26F2N6O4/c1-38-16-19-12-23(35-40-19)25-22-14-32-26(21-5-3-2-4-20(21)24(22)33-34-25)39-15-18-7-6-17(13-31-18)27(37)36-10-8-28(29,30)9-11-36/h2-7,12-13,22H,8-11,14-16H2,1H3. The fourth-order valence-corrected chi connectivity index (χ4v) is 4.94. The molecule has 0 N–H and O–H groups in total. The number of ether oxygens (including phenoxy) is 2. The lowest BCUT2D eigenvalue weighted by Crippen LogP contribution is -2.42. The molecule has 2 aromatic heterocycles. The molecule has 1 aromatic carbocycles. The van der Waals surface area contributed by atoms with Gasteiger partial charge >= 0.3 is 0 Å². The molecular formula is C28H26F2N6O4. The van der Waals surface area contributed by atoms with Crippen molar-refractivity contribution < 1.29 is 27.6 Å². The number of likely N-dealkylation sites (tertiary alicyclic amines) is 1. The Labute approximate surface area is 228 Å². The average Bonchev–Trinajstić information content (AvgIpc) is 3.57. The minimum atomic E-state index is -2.71. The van der Waals surface area contributed by atoms with Crippen LogP contribution in [-0.4, -0.2) is 70.9 Å². The summed E-state index contributed by atoms with van der Waals surface area (Å²) in [5.74, 6) is -2.19. The van der Waals surface area contributed by atoms with Crippen LogP contribution in [0, 0.1) is 5.92 Å². The Hall–Kier alpha value is -4.32. The number of hydrogen-bond acceptors (Lipinski definition) is 9. The van der Waals surface area contributed by atoms with Crippen molar-refractivity contribution in [3.05, 3.63) is 82.5 Å². The van der Waals surface area contributed by atoms with Crippen molar-refractivity contribution in [3.8, 4) is 0 Å². The number of nitrogens with zero attached hydrogens (tertiary/aromatic N) is 6. The SMILES string of the molecule is COCc1cc(C2=NN=C3c4ccccc4C(OCc4ccc(C(=O)N5CCC(F)(F)CC5)cn4)=NCC23)no1. The lowest BCUT2D eigenvalue weighted by molar-refractivity contribution is -0.0494. The van der Waals surface area contributed by atoms with E-state index in [2.05, 4.69) is 20.3 Å². The van der Waals surface area contributed by atoms with Gasteiger partial charge in [-0.2, -0.15) is 10.2 Å². The highest BCUT2D eigenvalue weighted by molar-refractivity contribution is 6.25. The molecule has 3 aliphatic heterocycles. The first-order valence-electron chi connectivity index (χ1n) is 12.9. The van der Waals surface area contributed by atoms with Gasteiger partial charge in [0.2, 0.25) is 5.90 Å². The number of rotatable bonds is 6. The Morgan fingerprint density at radius 3 is 2.60 bits per heavy atom. The molecule has 206 valence electrons. The number of carbonyl (C=O) groups excluding carboxylic acids is 1. The predicted octanol–water partition coefficient (Wildman–Crippen LogP) is 3.89. The zero-order valence-corrected chi connectivity index (χ0v) is 21.7. The van der Waals surface area contributed by atoms with Crippen LogP contribution >= 0.6 is 0 Å². The van der Waals surface area contributed by atoms with Gasteiger partial charge in [0.1, 0.15) is 24.6 Å². The number of alkyl halides is 2. The van der Waals surface area contributed by atoms with Gasteiger partial charge < -0.3 is 18.9 Å². The number of halogens is 2. The van der Waals surface area contributed by atoms with Crippen molar-refractivity contribution in [1.82, 2.24) is 15.0 Å². The van der Waals surface area contributed by atoms with E-state index in [9.17, 15) is 13.6 Å². The summed E-state index contributed by atoms with van der Waals surface area (Å²) in [6, 6.07) is 12.8. The normalized spacial score (nSPS) is 19.6. The molecule has 1 unspecified atom stereocenters. The van der Waals surface area contributed by atoms with E-state index in [4.69, 9.17) is 19.0 Å². The number of fused-ring (bicyclic) bond motifs is 3. The lowest BCUT2D eigenvalue weighted by Gasteiger charge is -2.31. The maximum absolute atomic E-state index is 13.4. The van der Waals surface area contributed by atoms with Crippen molar-refractivity contribution in [2.45, 2.75) is 32.0 Å². The van der Waals surface area contributed by atoms with Crippen LogP contribution in [0.2, 0.25) is 0 Å². The maximum Gasteiger partial charge on any atom is 0.255 e. The fraction of sp³-hybridized carbons (Fsp3) is 0.357. The highest BCUT2D eigenvalue weighted by Gasteiger charge is 2.37. The first kappa shape index (κ1) is 25.9. The molecule has 5 heterocycles. The van der Waals surface area contributed by atoms with Crippen molar-refractivity contribution in [3.63, 3.8) is 0 Å². The Kier molecular flexibility index (Phi) is 6.93. The van der Waals surface area contributed by atoms with Crippen molar-refractivity contribution in [2.75, 3.05) is 26.7 Å². The van der Waals surface area contributed by atoms with Crippen LogP contribution < -0.4 is 0 Å². The first-order chi connectivity index (χ1) is 19.4. The third kappa shape index (κ3) is 5.14. The van der Waals surface area contributed by atoms with Gasteiger partial charge in [0, 0.05) is 56.4 Å². The molecule has 0 spiro atoms. The molecule has 6 rings (SSSR count). The van der Waals surface area contributed by atoms with Gasteiger partial charge in [-0.1, -0.05) is 23.4 Å². The highest BCUT2D eigenvalue weighted by Crippen LogP contribution is 2.30. The molecule has 1 fully saturated rings. The number of methoxy groups -OCH3 is 1. The second-order valence-electron chi connectivity index (χ2n) is 9.80. The minimum Gasteiger partial charge on any atom is -0.471 e. The van der Waals surface area contributed by atoms with E-state index in [1.54, 1.807) is 25.3 Å². The number of amides is 1. The van der Waals surface area contributed by atoms with Crippen LogP contribution in [0.5, 0.6) is 0 Å². The fourth-order valence-electron chi connectivity index (χ4n) is 4.94. The zero-order chi connectivity index (χ0) is 27.7. The van der Waals surface area contributed by atoms with Crippen LogP contribution in [0.25, 0.3) is 0 Å². The lowest BCUT2D eigenvalue weighted by atomic mass is 9.90. The third-order valence-corrected chi connectivity index (χ3v) is 7.10. The molecule has 40 heavy (non-hydrogen) atoms. The van der Waals surface area contributed by atoms with Crippen LogP contribution in [0.3, 0.4) is 0 Å². The molecule has 0 bridgehead atoms. The number of aromatic nitrogens is 2. The summed E-state index contributed by atoms with van der Waals surface area (Å²) in [6.07, 6.45) is 0.805. The van der Waals surface area contributed by atoms with E-state index in [0.717, 1.165) is 16.8 Å². The smallest absolute Gasteiger partial charge is 0.255 e. The number of benzene rings is 1. The largest absolute Gasteiger partial charge is 0.471 e. The summed E-state index contributed by atoms with van der Waals surface area (Å²) < 4.78 is 43.5. The Bertz CT molecular complexity index is 1500. The van der Waals surface area contributed by atoms with Gasteiger partial charge in [0.15, 0.2) is 5.76 Å². The molecule has 12 heteroatoms. The summed E-state index contributed by atoms with van der Waals surface area (Å²) in [6.45, 7) is 0.834. The molecule has 1 saturated heterocycles. The predicted molar refractivity (Wildman–Crippen MR) is 141 cm³/mol. The second kappa shape index (κ2) is 10.7. The van der Waals surface area contributed by atoms with Crippen molar-refractivity contribution in [2.24, 2.45) is 21.1 Å². The number of pyridine rings is 1. The summed E-state index contributed by atoms with van der Waals surface area (Å²) in [4.78, 5) is 23.3. The molecule has 3 aliphatic rings. The van der Waals surface area contributed by atoms with E-state index in [1.165, 1.54) is 11.1 Å². The number of carbonyl (C=O) groups is 1. The van der Waals surface area contributed by atoms with Crippen LogP contribution in [0.4, 0.5) is 8.78 Å². The molecule has 0 saturated carbocycles. The molecule has 10 nitrogen and oxygen atoms in total. The van der Waals surface area contributed by atoms with Crippen LogP contribution in [0.1, 0.15) is 51.5 Å². The molecule has 1 amide bonds. The monoisotopic (exact) mass is 548 g/mol. The maximum atomic E-state index is 13.4. The van der Waals surface area contributed by atoms with E-state index >= 15 is 0 Å². The van der Waals surface area contributed by atoms with Gasteiger partial charge in [-0.15, -0.1) is 0 Å². The summed E-state index contributed by atoms with van der Waals surface area (Å²) >= 11 is 0. The number of aliphatic imine (C=N–C) groups is 1. The summed E-state index contributed by atoms with van der Waals surface area (Å²) in [5, 5.41) is 13.0. The minimum absolute atomic E-state index is 0.0274. The first-order valence-corrected chi connectivity index (χ1v) is 12.9. The second-order valence-corrected chi connectivity index (χ2v) is 9.80. The van der Waals surface area contributed by atoms with E-state index in [1.807, 2.05) is 24.3 Å². The zero-order valence-electron chi connectivity index (χ0n) is 21.7. The van der Waals surface area contributed by atoms with Gasteiger partial charge in [-0.05, 0) is 18.2 Å². The average molecular weight is 549 g/mol. The Morgan fingerprint density at radius 2 is 1.85 bits per heavy atom. The van der Waals surface area contributed by atoms with Crippen LogP contribution in [-0.2, 0) is 22.7 Å². The molecular weight excluding hydrogens is 522 g/mol. The quantitative estimate of drug-likeness (QED) is 0.462. The van der Waals surface area contributed by atoms with E-state index < -0.39 is 5.92 Å². The van der Waals surface area contributed by atoms with Crippen molar-refractivity contribution >= 4 is 23.2 Å². The van der Waals surface area contributed by atoms with Gasteiger partial charge in [-0.25, -0.2) is 8.78 Å². The van der Waals surface area contributed by atoms with Gasteiger partial charge in [-0.3, -0.25) is 14.8 Å². The summed E-state index contributed by atoms with van der Waals surface area (Å²) in [7, 11) is 1.58. The van der Waals surface area contributed by atoms with Gasteiger partial charge in [0.05, 0.1) is 29.4 Å². The van der Waals surface area contributed by atoms with E-state index in [0.29, 0.717) is 47.5 Å². The third-order valence-electron chi connectivity index (χ3n) is 7.10. The topological polar surface area (TPSA) is 115 Å². The molecule has 1 atom stereocenters. The Morgan fingerprint density at radius 1 is 1.07 bits per heavy atom. The number of hydrogen-bond donors (Lipinski definition) is 0. The van der Waals surface area contributed by atoms with E-state index in [-0.39, 0.29) is 44.4 Å². The molecule has 3 aromatic rings. The number of piperidine rings is 1. The molecule has 0 radical (unpaired) electrons. The summed E-state index contributed by atoms with van der Waals surface area (Å²) in [5.41, 5.74) is 4.63. The van der Waals surface area contributed by atoms with Gasteiger partial charge in [0.25, 0.3) is 11.8 Å². The van der Waals surface area contributed by atoms with Crippen LogP contribution in [0.15, 0.2) is 68.4 Å². The Balaban J connectivity index is 1.15. The van der Waals surface area contributed by atoms with Crippen molar-refractivity contribution in [1.29, 1.82) is 0 Å². The molecule has 0 aliphatic carbocycles. The highest BCUT2D eigenvalue weighted by atomic mass is 19.3.